The van der Waals surface area contributed by atoms with Crippen LogP contribution in [0.15, 0.2) is 0 Å². The monoisotopic (exact) mass is 357 g/mol. The summed E-state index contributed by atoms with van der Waals surface area (Å²) in [5.74, 6) is 0.995. The van der Waals surface area contributed by atoms with Crippen molar-refractivity contribution in [3.63, 3.8) is 0 Å². The molecule has 0 aliphatic carbocycles. The van der Waals surface area contributed by atoms with Gasteiger partial charge in [0.15, 0.2) is 0 Å². The van der Waals surface area contributed by atoms with Crippen molar-refractivity contribution in [3.8, 4) is 0 Å². The average Bonchev–Trinajstić information content (AvgIpc) is 2.52. The summed E-state index contributed by atoms with van der Waals surface area (Å²) >= 11 is 0. The maximum atomic E-state index is 4.63. The molecule has 0 atom stereocenters. The normalized spacial score (nSPS) is 10.5. The van der Waals surface area contributed by atoms with E-state index in [1.54, 1.807) is 0 Å². The number of rotatable bonds is 2. The zero-order valence-corrected chi connectivity index (χ0v) is 18.0. The van der Waals surface area contributed by atoms with Crippen LogP contribution in [0.3, 0.4) is 0 Å². The molecule has 2 rings (SSSR count). The van der Waals surface area contributed by atoms with Crippen molar-refractivity contribution >= 4 is 0 Å². The molecule has 0 saturated carbocycles. The quantitative estimate of drug-likeness (QED) is 0.607. The largest absolute Gasteiger partial charge is 0.257 e. The SMILES string of the molecule is C.Cc1nc(C(C)C)c(C)c(C)c1C.Cc1nc(C)c(C(C)C)nc1C. The number of hydrogen-bond donors (Lipinski definition) is 0. The molecule has 3 nitrogen and oxygen atoms in total. The maximum Gasteiger partial charge on any atom is 0.0644 e. The van der Waals surface area contributed by atoms with Crippen molar-refractivity contribution in [2.24, 2.45) is 0 Å². The predicted molar refractivity (Wildman–Crippen MR) is 114 cm³/mol. The lowest BCUT2D eigenvalue weighted by Gasteiger charge is -2.15. The molecule has 0 amide bonds. The molecule has 2 heterocycles. The molecule has 3 heteroatoms. The number of nitrogens with zero attached hydrogens (tertiary/aromatic N) is 3. The highest BCUT2D eigenvalue weighted by Crippen LogP contribution is 2.23. The zero-order chi connectivity index (χ0) is 19.5. The summed E-state index contributed by atoms with van der Waals surface area (Å²) in [5, 5.41) is 0. The topological polar surface area (TPSA) is 38.7 Å². The van der Waals surface area contributed by atoms with Crippen LogP contribution in [-0.4, -0.2) is 15.0 Å². The van der Waals surface area contributed by atoms with E-state index in [0.717, 1.165) is 22.8 Å². The summed E-state index contributed by atoms with van der Waals surface area (Å²) in [6, 6.07) is 0. The second kappa shape index (κ2) is 9.80. The zero-order valence-electron chi connectivity index (χ0n) is 18.0. The van der Waals surface area contributed by atoms with E-state index in [9.17, 15) is 0 Å². The third-order valence-corrected chi connectivity index (χ3v) is 4.95. The Kier molecular flexibility index (Phi) is 9.13. The van der Waals surface area contributed by atoms with Crippen LogP contribution in [0.5, 0.6) is 0 Å². The van der Waals surface area contributed by atoms with Crippen LogP contribution < -0.4 is 0 Å². The molecule has 2 aromatic heterocycles. The van der Waals surface area contributed by atoms with Gasteiger partial charge in [-0.3, -0.25) is 15.0 Å². The lowest BCUT2D eigenvalue weighted by Crippen LogP contribution is -2.03. The van der Waals surface area contributed by atoms with E-state index < -0.39 is 0 Å². The molecule has 0 spiro atoms. The van der Waals surface area contributed by atoms with Gasteiger partial charge in [0.1, 0.15) is 0 Å². The van der Waals surface area contributed by atoms with E-state index in [2.05, 4.69) is 70.3 Å². The summed E-state index contributed by atoms with van der Waals surface area (Å²) in [6.45, 7) is 23.3. The molecule has 0 bridgehead atoms. The number of hydrogen-bond acceptors (Lipinski definition) is 3. The molecular weight excluding hydrogens is 318 g/mol. The Morgan fingerprint density at radius 1 is 0.462 bits per heavy atom. The van der Waals surface area contributed by atoms with Crippen LogP contribution in [0.4, 0.5) is 0 Å². The average molecular weight is 358 g/mol. The molecule has 146 valence electrons. The highest BCUT2D eigenvalue weighted by molar-refractivity contribution is 5.38. The van der Waals surface area contributed by atoms with Crippen LogP contribution in [-0.2, 0) is 0 Å². The molecule has 0 fully saturated rings. The van der Waals surface area contributed by atoms with Crippen LogP contribution in [0.1, 0.15) is 97.8 Å². The number of pyridine rings is 1. The Morgan fingerprint density at radius 2 is 0.885 bits per heavy atom. The first-order valence-electron chi connectivity index (χ1n) is 9.23. The molecule has 0 unspecified atom stereocenters. The van der Waals surface area contributed by atoms with Gasteiger partial charge in [-0.25, -0.2) is 0 Å². The van der Waals surface area contributed by atoms with Crippen LogP contribution in [0.25, 0.3) is 0 Å². The van der Waals surface area contributed by atoms with E-state index in [-0.39, 0.29) is 7.43 Å². The Balaban J connectivity index is 0.000000464. The molecule has 26 heavy (non-hydrogen) atoms. The summed E-state index contributed by atoms with van der Waals surface area (Å²) in [4.78, 5) is 13.6. The molecule has 0 N–H and O–H groups in total. The van der Waals surface area contributed by atoms with Gasteiger partial charge in [0, 0.05) is 11.4 Å². The fourth-order valence-electron chi connectivity index (χ4n) is 2.93. The molecule has 0 radical (unpaired) electrons. The highest BCUT2D eigenvalue weighted by Gasteiger charge is 2.11. The van der Waals surface area contributed by atoms with Gasteiger partial charge < -0.3 is 0 Å². The maximum absolute atomic E-state index is 4.63. The standard InChI is InChI=1S/C12H19N.C10H16N2.CH4/c1-7(2)12-10(5)8(3)9(4)11(6)13-12;1-6(2)10-9(5)11-7(3)8(4)12-10;/h7H,1-6H3;6H,1-5H3;1H4. The van der Waals surface area contributed by atoms with Gasteiger partial charge in [-0.2, -0.15) is 0 Å². The minimum Gasteiger partial charge on any atom is -0.257 e. The highest BCUT2D eigenvalue weighted by atomic mass is 14.8. The Bertz CT molecular complexity index is 744. The van der Waals surface area contributed by atoms with Crippen molar-refractivity contribution in [1.82, 2.24) is 15.0 Å². The Labute approximate surface area is 161 Å². The van der Waals surface area contributed by atoms with E-state index in [1.165, 1.54) is 28.1 Å². The Morgan fingerprint density at radius 3 is 1.35 bits per heavy atom. The van der Waals surface area contributed by atoms with E-state index in [1.807, 2.05) is 20.8 Å². The van der Waals surface area contributed by atoms with E-state index in [0.29, 0.717) is 11.8 Å². The van der Waals surface area contributed by atoms with Crippen molar-refractivity contribution in [1.29, 1.82) is 0 Å². The van der Waals surface area contributed by atoms with Crippen molar-refractivity contribution in [2.45, 2.75) is 95.4 Å². The molecule has 0 aliphatic heterocycles. The number of aryl methyl sites for hydroxylation is 4. The summed E-state index contributed by atoms with van der Waals surface area (Å²) in [7, 11) is 0. The first kappa shape index (κ1) is 24.2. The van der Waals surface area contributed by atoms with Gasteiger partial charge in [0.2, 0.25) is 0 Å². The first-order valence-corrected chi connectivity index (χ1v) is 9.23. The second-order valence-electron chi connectivity index (χ2n) is 7.63. The van der Waals surface area contributed by atoms with E-state index in [4.69, 9.17) is 0 Å². The van der Waals surface area contributed by atoms with Gasteiger partial charge in [0.25, 0.3) is 0 Å². The molecule has 0 aromatic carbocycles. The third-order valence-electron chi connectivity index (χ3n) is 4.95. The summed E-state index contributed by atoms with van der Waals surface area (Å²) < 4.78 is 0. The van der Waals surface area contributed by atoms with Crippen molar-refractivity contribution in [2.75, 3.05) is 0 Å². The smallest absolute Gasteiger partial charge is 0.0644 e. The summed E-state index contributed by atoms with van der Waals surface area (Å²) in [5.41, 5.74) is 10.8. The van der Waals surface area contributed by atoms with Crippen molar-refractivity contribution < 1.29 is 0 Å². The van der Waals surface area contributed by atoms with Gasteiger partial charge in [-0.05, 0) is 77.0 Å². The van der Waals surface area contributed by atoms with Gasteiger partial charge >= 0.3 is 0 Å². The fourth-order valence-corrected chi connectivity index (χ4v) is 2.93. The first-order chi connectivity index (χ1) is 11.5. The van der Waals surface area contributed by atoms with Crippen LogP contribution in [0, 0.1) is 48.5 Å². The fraction of sp³-hybridized carbons (Fsp3) is 0.609. The lowest BCUT2D eigenvalue weighted by molar-refractivity contribution is 0.779. The summed E-state index contributed by atoms with van der Waals surface area (Å²) in [6.07, 6.45) is 0. The van der Waals surface area contributed by atoms with Gasteiger partial charge in [-0.15, -0.1) is 0 Å². The van der Waals surface area contributed by atoms with Crippen LogP contribution in [0.2, 0.25) is 0 Å². The lowest BCUT2D eigenvalue weighted by atomic mass is 9.97. The minimum absolute atomic E-state index is 0. The van der Waals surface area contributed by atoms with Gasteiger partial charge in [0.05, 0.1) is 22.8 Å². The Hall–Kier alpha value is -1.77. The minimum atomic E-state index is 0. The van der Waals surface area contributed by atoms with Crippen molar-refractivity contribution in [3.05, 3.63) is 50.9 Å². The molecule has 2 aromatic rings. The molecule has 0 aliphatic rings. The molecule has 0 saturated heterocycles. The van der Waals surface area contributed by atoms with E-state index >= 15 is 0 Å². The van der Waals surface area contributed by atoms with Crippen LogP contribution >= 0.6 is 0 Å². The second-order valence-corrected chi connectivity index (χ2v) is 7.63. The number of aromatic nitrogens is 3. The molecular formula is C23H39N3. The predicted octanol–water partition coefficient (Wildman–Crippen LogP) is 6.60. The van der Waals surface area contributed by atoms with Gasteiger partial charge in [-0.1, -0.05) is 35.1 Å². The third kappa shape index (κ3) is 5.62.